The number of aliphatic hydroxyl groups excluding tert-OH is 1. The van der Waals surface area contributed by atoms with Gasteiger partial charge in [-0.25, -0.2) is 0 Å². The van der Waals surface area contributed by atoms with Crippen LogP contribution < -0.4 is 0 Å². The van der Waals surface area contributed by atoms with E-state index in [2.05, 4.69) is 0 Å². The number of carbonyl (C=O) groups is 1. The van der Waals surface area contributed by atoms with E-state index in [1.165, 1.54) is 0 Å². The van der Waals surface area contributed by atoms with Gasteiger partial charge >= 0.3 is 5.97 Å². The standard InChI is InChI=1S/C17H28O5/c1-3-7-12-13(10-16(19)20-4-2)14(18)11-15(12)22-17-8-5-6-9-21-17/h3,7,12-15,17-18H,4-6,8-11H2,1-2H3/b7-3+/t12-,13-,14-,15-,17?/m1/s1. The quantitative estimate of drug-likeness (QED) is 0.603. The summed E-state index contributed by atoms with van der Waals surface area (Å²) >= 11 is 0. The number of aliphatic hydroxyl groups is 1. The van der Waals surface area contributed by atoms with E-state index in [9.17, 15) is 9.90 Å². The molecule has 1 aliphatic carbocycles. The summed E-state index contributed by atoms with van der Waals surface area (Å²) < 4.78 is 16.7. The maximum Gasteiger partial charge on any atom is 0.306 e. The fraction of sp³-hybridized carbons (Fsp3) is 0.824. The average molecular weight is 312 g/mol. The summed E-state index contributed by atoms with van der Waals surface area (Å²) in [5.41, 5.74) is 0. The van der Waals surface area contributed by atoms with Crippen molar-refractivity contribution in [2.45, 2.75) is 64.4 Å². The first-order valence-corrected chi connectivity index (χ1v) is 8.39. The molecule has 0 amide bonds. The van der Waals surface area contributed by atoms with Crippen LogP contribution in [0.2, 0.25) is 0 Å². The largest absolute Gasteiger partial charge is 0.466 e. The second-order valence-corrected chi connectivity index (χ2v) is 6.05. The van der Waals surface area contributed by atoms with E-state index in [-0.39, 0.29) is 36.6 Å². The van der Waals surface area contributed by atoms with Crippen LogP contribution in [0.3, 0.4) is 0 Å². The first kappa shape index (κ1) is 17.4. The van der Waals surface area contributed by atoms with Gasteiger partial charge in [0, 0.05) is 24.9 Å². The zero-order chi connectivity index (χ0) is 15.9. The minimum atomic E-state index is -0.542. The van der Waals surface area contributed by atoms with Crippen LogP contribution in [0, 0.1) is 11.8 Å². The summed E-state index contributed by atoms with van der Waals surface area (Å²) in [6, 6.07) is 0. The Bertz CT molecular complexity index is 375. The van der Waals surface area contributed by atoms with Gasteiger partial charge in [-0.15, -0.1) is 0 Å². The Morgan fingerprint density at radius 1 is 1.41 bits per heavy atom. The summed E-state index contributed by atoms with van der Waals surface area (Å²) in [5.74, 6) is -0.380. The maximum atomic E-state index is 11.8. The molecule has 126 valence electrons. The second kappa shape index (κ2) is 8.65. The highest BCUT2D eigenvalue weighted by Crippen LogP contribution is 2.39. The number of allylic oxidation sites excluding steroid dienone is 1. The third-order valence-electron chi connectivity index (χ3n) is 4.48. The van der Waals surface area contributed by atoms with Crippen LogP contribution >= 0.6 is 0 Å². The van der Waals surface area contributed by atoms with Crippen molar-refractivity contribution in [3.05, 3.63) is 12.2 Å². The summed E-state index contributed by atoms with van der Waals surface area (Å²) in [6.07, 6.45) is 7.03. The van der Waals surface area contributed by atoms with Crippen molar-refractivity contribution in [2.24, 2.45) is 11.8 Å². The van der Waals surface area contributed by atoms with Crippen LogP contribution in [0.1, 0.15) is 46.0 Å². The number of hydrogen-bond acceptors (Lipinski definition) is 5. The van der Waals surface area contributed by atoms with Crippen molar-refractivity contribution >= 4 is 5.97 Å². The molecule has 2 aliphatic rings. The van der Waals surface area contributed by atoms with Crippen LogP contribution in [0.5, 0.6) is 0 Å². The highest BCUT2D eigenvalue weighted by molar-refractivity contribution is 5.69. The molecular weight excluding hydrogens is 284 g/mol. The molecule has 1 unspecified atom stereocenters. The molecule has 0 aromatic carbocycles. The zero-order valence-corrected chi connectivity index (χ0v) is 13.6. The lowest BCUT2D eigenvalue weighted by Gasteiger charge is -2.29. The van der Waals surface area contributed by atoms with Gasteiger partial charge in [0.05, 0.1) is 25.2 Å². The Kier molecular flexibility index (Phi) is 6.86. The minimum absolute atomic E-state index is 0.0231. The van der Waals surface area contributed by atoms with Crippen molar-refractivity contribution in [1.82, 2.24) is 0 Å². The zero-order valence-electron chi connectivity index (χ0n) is 13.6. The van der Waals surface area contributed by atoms with Crippen LogP contribution in [0.15, 0.2) is 12.2 Å². The Morgan fingerprint density at radius 3 is 2.86 bits per heavy atom. The second-order valence-electron chi connectivity index (χ2n) is 6.05. The predicted octanol–water partition coefficient (Wildman–Crippen LogP) is 2.42. The number of hydrogen-bond donors (Lipinski definition) is 1. The molecule has 22 heavy (non-hydrogen) atoms. The third-order valence-corrected chi connectivity index (χ3v) is 4.48. The first-order chi connectivity index (χ1) is 10.7. The maximum absolute atomic E-state index is 11.8. The van der Waals surface area contributed by atoms with Crippen molar-refractivity contribution in [3.8, 4) is 0 Å². The van der Waals surface area contributed by atoms with Gasteiger partial charge in [0.15, 0.2) is 6.29 Å². The Labute approximate surface area is 132 Å². The van der Waals surface area contributed by atoms with Gasteiger partial charge in [-0.2, -0.15) is 0 Å². The molecule has 1 N–H and O–H groups in total. The van der Waals surface area contributed by atoms with Gasteiger partial charge < -0.3 is 19.3 Å². The fourth-order valence-corrected chi connectivity index (χ4v) is 3.44. The van der Waals surface area contributed by atoms with Crippen molar-refractivity contribution in [1.29, 1.82) is 0 Å². The molecule has 0 spiro atoms. The van der Waals surface area contributed by atoms with E-state index in [1.807, 2.05) is 19.1 Å². The molecule has 5 atom stereocenters. The highest BCUT2D eigenvalue weighted by Gasteiger charge is 2.44. The summed E-state index contributed by atoms with van der Waals surface area (Å²) in [6.45, 7) is 4.84. The first-order valence-electron chi connectivity index (χ1n) is 8.39. The molecule has 0 aromatic rings. The monoisotopic (exact) mass is 312 g/mol. The van der Waals surface area contributed by atoms with E-state index >= 15 is 0 Å². The summed E-state index contributed by atoms with van der Waals surface area (Å²) in [4.78, 5) is 11.8. The van der Waals surface area contributed by atoms with Crippen LogP contribution in [0.4, 0.5) is 0 Å². The van der Waals surface area contributed by atoms with Crippen molar-refractivity contribution in [3.63, 3.8) is 0 Å². The Morgan fingerprint density at radius 2 is 2.23 bits per heavy atom. The van der Waals surface area contributed by atoms with Crippen molar-refractivity contribution in [2.75, 3.05) is 13.2 Å². The number of esters is 1. The molecule has 5 heteroatoms. The minimum Gasteiger partial charge on any atom is -0.466 e. The Balaban J connectivity index is 1.99. The van der Waals surface area contributed by atoms with Gasteiger partial charge in [0.25, 0.3) is 0 Å². The van der Waals surface area contributed by atoms with E-state index < -0.39 is 6.10 Å². The molecule has 0 bridgehead atoms. The lowest BCUT2D eigenvalue weighted by molar-refractivity contribution is -0.193. The van der Waals surface area contributed by atoms with E-state index in [1.54, 1.807) is 6.92 Å². The smallest absolute Gasteiger partial charge is 0.306 e. The molecule has 1 saturated heterocycles. The summed E-state index contributed by atoms with van der Waals surface area (Å²) in [5, 5.41) is 10.3. The normalized spacial score (nSPS) is 35.9. The number of ether oxygens (including phenoxy) is 3. The average Bonchev–Trinajstić information content (AvgIpc) is 2.77. The third kappa shape index (κ3) is 4.54. The molecular formula is C17H28O5. The molecule has 2 rings (SSSR count). The van der Waals surface area contributed by atoms with E-state index in [0.717, 1.165) is 25.9 Å². The molecule has 1 heterocycles. The molecule has 0 aromatic heterocycles. The lowest BCUT2D eigenvalue weighted by Crippen LogP contribution is -2.31. The highest BCUT2D eigenvalue weighted by atomic mass is 16.7. The molecule has 1 saturated carbocycles. The van der Waals surface area contributed by atoms with Crippen molar-refractivity contribution < 1.29 is 24.1 Å². The van der Waals surface area contributed by atoms with Crippen LogP contribution in [-0.2, 0) is 19.0 Å². The molecule has 2 fully saturated rings. The van der Waals surface area contributed by atoms with E-state index in [0.29, 0.717) is 13.0 Å². The van der Waals surface area contributed by atoms with Gasteiger partial charge in [-0.1, -0.05) is 12.2 Å². The lowest BCUT2D eigenvalue weighted by atomic mass is 9.90. The predicted molar refractivity (Wildman–Crippen MR) is 82.1 cm³/mol. The van der Waals surface area contributed by atoms with Gasteiger partial charge in [-0.05, 0) is 33.1 Å². The SMILES string of the molecule is C/C=C/[C@@H]1[C@@H](CC(=O)OCC)[C@H](O)C[C@H]1OC1CCCCO1. The number of rotatable bonds is 6. The Hall–Kier alpha value is -0.910. The van der Waals surface area contributed by atoms with Crippen LogP contribution in [-0.4, -0.2) is 42.8 Å². The molecule has 0 radical (unpaired) electrons. The fourth-order valence-electron chi connectivity index (χ4n) is 3.44. The van der Waals surface area contributed by atoms with Gasteiger partial charge in [0.1, 0.15) is 0 Å². The van der Waals surface area contributed by atoms with E-state index in [4.69, 9.17) is 14.2 Å². The number of carbonyl (C=O) groups excluding carboxylic acids is 1. The van der Waals surface area contributed by atoms with Gasteiger partial charge in [-0.3, -0.25) is 4.79 Å². The van der Waals surface area contributed by atoms with Crippen LogP contribution in [0.25, 0.3) is 0 Å². The summed E-state index contributed by atoms with van der Waals surface area (Å²) in [7, 11) is 0. The van der Waals surface area contributed by atoms with Gasteiger partial charge in [0.2, 0.25) is 0 Å². The topological polar surface area (TPSA) is 65.0 Å². The molecule has 5 nitrogen and oxygen atoms in total. The molecule has 1 aliphatic heterocycles.